The molecular formula is C15H16N6OS. The van der Waals surface area contributed by atoms with Crippen LogP contribution >= 0.6 is 11.3 Å². The first-order valence-electron chi connectivity index (χ1n) is 7.56. The monoisotopic (exact) mass is 328 g/mol. The van der Waals surface area contributed by atoms with Crippen LogP contribution in [0.2, 0.25) is 0 Å². The number of carbonyl (C=O) groups is 1. The Hall–Kier alpha value is -2.48. The number of urea groups is 1. The maximum absolute atomic E-state index is 12.4. The second kappa shape index (κ2) is 5.96. The van der Waals surface area contributed by atoms with Crippen LogP contribution < -0.4 is 5.32 Å². The lowest BCUT2D eigenvalue weighted by molar-refractivity contribution is 0.191. The van der Waals surface area contributed by atoms with Crippen molar-refractivity contribution in [2.75, 3.05) is 18.4 Å². The lowest BCUT2D eigenvalue weighted by Crippen LogP contribution is -2.42. The topological polar surface area (TPSA) is 75.4 Å². The van der Waals surface area contributed by atoms with Crippen molar-refractivity contribution < 1.29 is 4.79 Å². The van der Waals surface area contributed by atoms with Crippen LogP contribution in [0.3, 0.4) is 0 Å². The number of carbonyl (C=O) groups excluding carboxylic acids is 1. The summed E-state index contributed by atoms with van der Waals surface area (Å²) >= 11 is 1.42. The van der Waals surface area contributed by atoms with Crippen LogP contribution in [-0.4, -0.2) is 43.6 Å². The van der Waals surface area contributed by atoms with E-state index >= 15 is 0 Å². The molecular weight excluding hydrogens is 312 g/mol. The zero-order valence-electron chi connectivity index (χ0n) is 12.4. The smallest absolute Gasteiger partial charge is 0.323 e. The summed E-state index contributed by atoms with van der Waals surface area (Å²) in [5, 5.41) is 13.9. The van der Waals surface area contributed by atoms with Crippen molar-refractivity contribution in [3.05, 3.63) is 41.8 Å². The Kier molecular flexibility index (Phi) is 3.66. The molecule has 2 amide bonds. The molecule has 0 bridgehead atoms. The molecule has 7 nitrogen and oxygen atoms in total. The molecule has 23 heavy (non-hydrogen) atoms. The van der Waals surface area contributed by atoms with Crippen LogP contribution in [0.5, 0.6) is 0 Å². The Morgan fingerprint density at radius 2 is 2.30 bits per heavy atom. The lowest BCUT2D eigenvalue weighted by Gasteiger charge is -2.31. The van der Waals surface area contributed by atoms with E-state index in [4.69, 9.17) is 0 Å². The van der Waals surface area contributed by atoms with E-state index in [1.165, 1.54) is 11.3 Å². The summed E-state index contributed by atoms with van der Waals surface area (Å²) in [6.07, 6.45) is 5.62. The highest BCUT2D eigenvalue weighted by atomic mass is 32.1. The molecule has 1 aliphatic heterocycles. The van der Waals surface area contributed by atoms with Crippen molar-refractivity contribution in [1.82, 2.24) is 24.5 Å². The molecule has 1 aliphatic rings. The Balaban J connectivity index is 1.51. The normalized spacial score (nSPS) is 18.3. The fraction of sp³-hybridized carbons (Fsp3) is 0.333. The molecule has 1 N–H and O–H groups in total. The number of aromatic nitrogens is 4. The van der Waals surface area contributed by atoms with Gasteiger partial charge in [-0.15, -0.1) is 21.5 Å². The number of amides is 2. The molecule has 3 aromatic heterocycles. The second-order valence-corrected chi connectivity index (χ2v) is 6.43. The molecule has 118 valence electrons. The summed E-state index contributed by atoms with van der Waals surface area (Å²) in [4.78, 5) is 18.3. The van der Waals surface area contributed by atoms with E-state index in [-0.39, 0.29) is 11.9 Å². The van der Waals surface area contributed by atoms with E-state index in [9.17, 15) is 4.79 Å². The van der Waals surface area contributed by atoms with Gasteiger partial charge in [-0.2, -0.15) is 0 Å². The molecule has 1 atom stereocenters. The quantitative estimate of drug-likeness (QED) is 0.784. The van der Waals surface area contributed by atoms with Crippen molar-refractivity contribution >= 4 is 28.1 Å². The fourth-order valence-electron chi connectivity index (χ4n) is 2.97. The molecule has 0 spiro atoms. The summed E-state index contributed by atoms with van der Waals surface area (Å²) in [5.41, 5.74) is 0.840. The molecule has 3 aromatic rings. The van der Waals surface area contributed by atoms with Gasteiger partial charge in [0.05, 0.1) is 0 Å². The predicted octanol–water partition coefficient (Wildman–Crippen LogP) is 2.60. The number of hydrogen-bond donors (Lipinski definition) is 1. The Labute approximate surface area is 137 Å². The van der Waals surface area contributed by atoms with Crippen LogP contribution in [0, 0.1) is 0 Å². The van der Waals surface area contributed by atoms with Crippen molar-refractivity contribution in [1.29, 1.82) is 0 Å². The summed E-state index contributed by atoms with van der Waals surface area (Å²) in [6.45, 7) is 1.40. The molecule has 0 aliphatic carbocycles. The van der Waals surface area contributed by atoms with Crippen molar-refractivity contribution in [2.45, 2.75) is 18.8 Å². The van der Waals surface area contributed by atoms with Gasteiger partial charge >= 0.3 is 6.03 Å². The van der Waals surface area contributed by atoms with Crippen LogP contribution in [0.15, 0.2) is 36.0 Å². The number of nitrogens with one attached hydrogen (secondary N) is 1. The standard InChI is InChI=1S/C15H16N6OS/c22-15(17-14-16-6-9-23-14)20-7-3-4-11(10-20)13-19-18-12-5-1-2-8-21(12)13/h1-2,5-6,8-9,11H,3-4,7,10H2,(H,16,17,22). The van der Waals surface area contributed by atoms with E-state index in [0.717, 1.165) is 30.9 Å². The number of thiazole rings is 1. The summed E-state index contributed by atoms with van der Waals surface area (Å²) in [6, 6.07) is 5.75. The minimum Gasteiger partial charge on any atom is -0.324 e. The van der Waals surface area contributed by atoms with E-state index in [1.807, 2.05) is 39.1 Å². The number of nitrogens with zero attached hydrogens (tertiary/aromatic N) is 5. The molecule has 4 rings (SSSR count). The third-order valence-electron chi connectivity index (χ3n) is 4.06. The average Bonchev–Trinajstić information content (AvgIpc) is 3.24. The van der Waals surface area contributed by atoms with E-state index in [2.05, 4.69) is 20.5 Å². The van der Waals surface area contributed by atoms with Gasteiger partial charge in [0.1, 0.15) is 5.82 Å². The van der Waals surface area contributed by atoms with Gasteiger partial charge in [-0.25, -0.2) is 9.78 Å². The zero-order chi connectivity index (χ0) is 15.6. The lowest BCUT2D eigenvalue weighted by atomic mass is 9.97. The van der Waals surface area contributed by atoms with Gasteiger partial charge < -0.3 is 4.90 Å². The van der Waals surface area contributed by atoms with Crippen molar-refractivity contribution in [3.8, 4) is 0 Å². The van der Waals surface area contributed by atoms with E-state index < -0.39 is 0 Å². The van der Waals surface area contributed by atoms with Crippen LogP contribution in [0.4, 0.5) is 9.93 Å². The molecule has 4 heterocycles. The average molecular weight is 328 g/mol. The van der Waals surface area contributed by atoms with E-state index in [1.54, 1.807) is 6.20 Å². The van der Waals surface area contributed by atoms with Gasteiger partial charge in [-0.05, 0) is 25.0 Å². The Bertz CT molecular complexity index is 814. The summed E-state index contributed by atoms with van der Waals surface area (Å²) < 4.78 is 2.01. The number of pyridine rings is 1. The van der Waals surface area contributed by atoms with Crippen molar-refractivity contribution in [2.24, 2.45) is 0 Å². The van der Waals surface area contributed by atoms with Crippen LogP contribution in [0.25, 0.3) is 5.65 Å². The predicted molar refractivity (Wildman–Crippen MR) is 87.7 cm³/mol. The minimum atomic E-state index is -0.0986. The Morgan fingerprint density at radius 1 is 1.35 bits per heavy atom. The number of fused-ring (bicyclic) bond motifs is 1. The SMILES string of the molecule is O=C(Nc1nccs1)N1CCCC(c2nnc3ccccn23)C1. The number of rotatable bonds is 2. The molecule has 0 radical (unpaired) electrons. The number of likely N-dealkylation sites (tertiary alicyclic amines) is 1. The number of piperidine rings is 1. The molecule has 0 saturated carbocycles. The zero-order valence-corrected chi connectivity index (χ0v) is 13.2. The molecule has 1 unspecified atom stereocenters. The Morgan fingerprint density at radius 3 is 3.17 bits per heavy atom. The second-order valence-electron chi connectivity index (χ2n) is 5.54. The highest BCUT2D eigenvalue weighted by Gasteiger charge is 2.28. The number of hydrogen-bond acceptors (Lipinski definition) is 5. The largest absolute Gasteiger partial charge is 0.324 e. The minimum absolute atomic E-state index is 0.0986. The third-order valence-corrected chi connectivity index (χ3v) is 4.75. The first-order valence-corrected chi connectivity index (χ1v) is 8.44. The maximum atomic E-state index is 12.4. The first-order chi connectivity index (χ1) is 11.3. The first kappa shape index (κ1) is 14.1. The van der Waals surface area contributed by atoms with Crippen molar-refractivity contribution in [3.63, 3.8) is 0 Å². The highest BCUT2D eigenvalue weighted by Crippen LogP contribution is 2.26. The molecule has 1 fully saturated rings. The molecule has 8 heteroatoms. The highest BCUT2D eigenvalue weighted by molar-refractivity contribution is 7.13. The van der Waals surface area contributed by atoms with Gasteiger partial charge in [-0.1, -0.05) is 6.07 Å². The van der Waals surface area contributed by atoms with Gasteiger partial charge in [0, 0.05) is 36.8 Å². The van der Waals surface area contributed by atoms with Crippen LogP contribution in [-0.2, 0) is 0 Å². The summed E-state index contributed by atoms with van der Waals surface area (Å²) in [5.74, 6) is 1.12. The van der Waals surface area contributed by atoms with E-state index in [0.29, 0.717) is 11.7 Å². The summed E-state index contributed by atoms with van der Waals surface area (Å²) in [7, 11) is 0. The molecule has 1 saturated heterocycles. The van der Waals surface area contributed by atoms with Gasteiger partial charge in [0.2, 0.25) is 0 Å². The molecule has 0 aromatic carbocycles. The van der Waals surface area contributed by atoms with Crippen LogP contribution in [0.1, 0.15) is 24.6 Å². The third kappa shape index (κ3) is 2.77. The number of anilines is 1. The van der Waals surface area contributed by atoms with Gasteiger partial charge in [0.15, 0.2) is 10.8 Å². The fourth-order valence-corrected chi connectivity index (χ4v) is 3.48. The van der Waals surface area contributed by atoms with Gasteiger partial charge in [-0.3, -0.25) is 9.72 Å². The van der Waals surface area contributed by atoms with Gasteiger partial charge in [0.25, 0.3) is 0 Å². The maximum Gasteiger partial charge on any atom is 0.323 e.